The van der Waals surface area contributed by atoms with Crippen molar-refractivity contribution in [3.63, 3.8) is 0 Å². The second-order valence-corrected chi connectivity index (χ2v) is 4.56. The van der Waals surface area contributed by atoms with Crippen molar-refractivity contribution in [2.45, 2.75) is 6.54 Å². The number of ether oxygens (including phenoxy) is 1. The topological polar surface area (TPSA) is 85.5 Å². The third-order valence-corrected chi connectivity index (χ3v) is 3.37. The van der Waals surface area contributed by atoms with E-state index in [1.54, 1.807) is 30.3 Å². The van der Waals surface area contributed by atoms with E-state index in [0.717, 1.165) is 10.5 Å². The summed E-state index contributed by atoms with van der Waals surface area (Å²) in [5.41, 5.74) is 7.29. The highest BCUT2D eigenvalue weighted by Gasteiger charge is 2.39. The summed E-state index contributed by atoms with van der Waals surface area (Å²) in [6.45, 7) is 0.348. The van der Waals surface area contributed by atoms with Gasteiger partial charge in [-0.2, -0.15) is 0 Å². The zero-order chi connectivity index (χ0) is 15.0. The van der Waals surface area contributed by atoms with E-state index in [1.807, 2.05) is 0 Å². The normalized spacial score (nSPS) is 13.5. The lowest BCUT2D eigenvalue weighted by atomic mass is 10.1. The summed E-state index contributed by atoms with van der Waals surface area (Å²) >= 11 is 0. The van der Waals surface area contributed by atoms with Crippen LogP contribution in [0.4, 0.5) is 5.69 Å². The van der Waals surface area contributed by atoms with Crippen molar-refractivity contribution in [2.75, 3.05) is 12.0 Å². The van der Waals surface area contributed by atoms with Gasteiger partial charge in [-0.1, -0.05) is 6.07 Å². The number of carbonyl (C=O) groups excluding carboxylic acids is 2. The molecule has 0 spiro atoms. The van der Waals surface area contributed by atoms with Crippen LogP contribution in [0.15, 0.2) is 36.5 Å². The molecule has 0 saturated carbocycles. The van der Waals surface area contributed by atoms with Crippen LogP contribution < -0.4 is 15.4 Å². The van der Waals surface area contributed by atoms with Gasteiger partial charge < -0.3 is 10.5 Å². The number of methoxy groups -OCH3 is 1. The lowest BCUT2D eigenvalue weighted by Crippen LogP contribution is -2.30. The third-order valence-electron chi connectivity index (χ3n) is 3.37. The first-order valence-electron chi connectivity index (χ1n) is 6.38. The van der Waals surface area contributed by atoms with Crippen molar-refractivity contribution >= 4 is 17.5 Å². The molecular formula is C15H13N3O3. The van der Waals surface area contributed by atoms with Gasteiger partial charge in [-0.15, -0.1) is 0 Å². The number of nitrogens with zero attached hydrogens (tertiary/aromatic N) is 2. The maximum Gasteiger partial charge on any atom is 0.284 e. The summed E-state index contributed by atoms with van der Waals surface area (Å²) in [6, 6.07) is 8.34. The van der Waals surface area contributed by atoms with E-state index >= 15 is 0 Å². The summed E-state index contributed by atoms with van der Waals surface area (Å²) in [7, 11) is 1.48. The van der Waals surface area contributed by atoms with Crippen molar-refractivity contribution in [1.82, 2.24) is 4.98 Å². The van der Waals surface area contributed by atoms with Crippen LogP contribution in [0.25, 0.3) is 0 Å². The van der Waals surface area contributed by atoms with Crippen LogP contribution in [0.1, 0.15) is 26.4 Å². The molecule has 3 rings (SSSR count). The second kappa shape index (κ2) is 4.99. The Morgan fingerprint density at radius 3 is 2.71 bits per heavy atom. The quantitative estimate of drug-likeness (QED) is 0.859. The van der Waals surface area contributed by atoms with Crippen molar-refractivity contribution in [3.8, 4) is 5.75 Å². The number of carbonyl (C=O) groups is 2. The van der Waals surface area contributed by atoms with Gasteiger partial charge in [0.1, 0.15) is 11.4 Å². The SMILES string of the molecule is COc1cc(CN)ccc1N1C(=O)c2cccnc2C1=O. The molecule has 2 heterocycles. The van der Waals surface area contributed by atoms with E-state index in [4.69, 9.17) is 10.5 Å². The zero-order valence-corrected chi connectivity index (χ0v) is 11.4. The minimum atomic E-state index is -0.450. The number of anilines is 1. The standard InChI is InChI=1S/C15H13N3O3/c1-21-12-7-9(8-16)4-5-11(12)18-14(19)10-3-2-6-17-13(10)15(18)20/h2-7H,8,16H2,1H3. The lowest BCUT2D eigenvalue weighted by molar-refractivity contribution is 0.0923. The fourth-order valence-corrected chi connectivity index (χ4v) is 2.32. The van der Waals surface area contributed by atoms with E-state index in [2.05, 4.69) is 4.98 Å². The van der Waals surface area contributed by atoms with Crippen LogP contribution in [-0.2, 0) is 6.54 Å². The van der Waals surface area contributed by atoms with Gasteiger partial charge in [0.05, 0.1) is 18.4 Å². The lowest BCUT2D eigenvalue weighted by Gasteiger charge is -2.17. The molecule has 0 saturated heterocycles. The van der Waals surface area contributed by atoms with Crippen molar-refractivity contribution in [1.29, 1.82) is 0 Å². The number of hydrogen-bond acceptors (Lipinski definition) is 5. The minimum Gasteiger partial charge on any atom is -0.495 e. The fraction of sp³-hybridized carbons (Fsp3) is 0.133. The Bertz CT molecular complexity index is 708. The molecule has 1 aliphatic rings. The molecule has 0 unspecified atom stereocenters. The number of fused-ring (bicyclic) bond motifs is 1. The van der Waals surface area contributed by atoms with E-state index in [-0.39, 0.29) is 5.69 Å². The van der Waals surface area contributed by atoms with Gasteiger partial charge >= 0.3 is 0 Å². The summed E-state index contributed by atoms with van der Waals surface area (Å²) in [5, 5.41) is 0. The molecule has 6 heteroatoms. The smallest absolute Gasteiger partial charge is 0.284 e. The van der Waals surface area contributed by atoms with Crippen LogP contribution in [-0.4, -0.2) is 23.9 Å². The Balaban J connectivity index is 2.11. The molecule has 1 aliphatic heterocycles. The highest BCUT2D eigenvalue weighted by Crippen LogP contribution is 2.34. The van der Waals surface area contributed by atoms with Crippen molar-refractivity contribution in [2.24, 2.45) is 5.73 Å². The molecule has 1 aromatic heterocycles. The van der Waals surface area contributed by atoms with Gasteiger partial charge in [0.15, 0.2) is 0 Å². The van der Waals surface area contributed by atoms with Crippen LogP contribution >= 0.6 is 0 Å². The molecule has 0 aliphatic carbocycles. The number of imide groups is 1. The third kappa shape index (κ3) is 1.96. The Hall–Kier alpha value is -2.73. The summed E-state index contributed by atoms with van der Waals surface area (Å²) in [5.74, 6) is -0.427. The molecule has 2 amide bonds. The van der Waals surface area contributed by atoms with E-state index in [1.165, 1.54) is 13.3 Å². The second-order valence-electron chi connectivity index (χ2n) is 4.56. The molecule has 0 bridgehead atoms. The maximum atomic E-state index is 12.4. The molecule has 2 aromatic rings. The van der Waals surface area contributed by atoms with E-state index in [0.29, 0.717) is 23.5 Å². The molecule has 2 N–H and O–H groups in total. The monoisotopic (exact) mass is 283 g/mol. The Morgan fingerprint density at radius 2 is 2.05 bits per heavy atom. The largest absolute Gasteiger partial charge is 0.495 e. The van der Waals surface area contributed by atoms with Crippen LogP contribution in [0.2, 0.25) is 0 Å². The van der Waals surface area contributed by atoms with Gasteiger partial charge in [0, 0.05) is 12.7 Å². The zero-order valence-electron chi connectivity index (χ0n) is 11.4. The average molecular weight is 283 g/mol. The fourth-order valence-electron chi connectivity index (χ4n) is 2.32. The van der Waals surface area contributed by atoms with E-state index < -0.39 is 11.8 Å². The highest BCUT2D eigenvalue weighted by atomic mass is 16.5. The van der Waals surface area contributed by atoms with Crippen LogP contribution in [0.3, 0.4) is 0 Å². The van der Waals surface area contributed by atoms with Gasteiger partial charge in [-0.3, -0.25) is 14.6 Å². The molecule has 1 aromatic carbocycles. The molecular weight excluding hydrogens is 270 g/mol. The Labute approximate surface area is 121 Å². The van der Waals surface area contributed by atoms with Crippen molar-refractivity contribution < 1.29 is 14.3 Å². The van der Waals surface area contributed by atoms with Crippen LogP contribution in [0.5, 0.6) is 5.75 Å². The summed E-state index contributed by atoms with van der Waals surface area (Å²) in [6.07, 6.45) is 1.49. The molecule has 21 heavy (non-hydrogen) atoms. The minimum absolute atomic E-state index is 0.160. The van der Waals surface area contributed by atoms with Gasteiger partial charge in [0.2, 0.25) is 0 Å². The van der Waals surface area contributed by atoms with Gasteiger partial charge in [-0.05, 0) is 29.8 Å². The Morgan fingerprint density at radius 1 is 1.24 bits per heavy atom. The molecule has 0 atom stereocenters. The van der Waals surface area contributed by atoms with Crippen molar-refractivity contribution in [3.05, 3.63) is 53.3 Å². The van der Waals surface area contributed by atoms with Gasteiger partial charge in [0.25, 0.3) is 11.8 Å². The number of aromatic nitrogens is 1. The molecule has 0 fully saturated rings. The predicted octanol–water partition coefficient (Wildman–Crippen LogP) is 1.35. The maximum absolute atomic E-state index is 12.4. The number of hydrogen-bond donors (Lipinski definition) is 1. The highest BCUT2D eigenvalue weighted by molar-refractivity contribution is 6.34. The average Bonchev–Trinajstić information content (AvgIpc) is 2.79. The Kier molecular flexibility index (Phi) is 3.15. The first-order valence-corrected chi connectivity index (χ1v) is 6.38. The molecule has 0 radical (unpaired) electrons. The van der Waals surface area contributed by atoms with Crippen LogP contribution in [0, 0.1) is 0 Å². The predicted molar refractivity (Wildman–Crippen MR) is 76.3 cm³/mol. The number of amides is 2. The summed E-state index contributed by atoms with van der Waals surface area (Å²) < 4.78 is 5.27. The number of pyridine rings is 1. The first kappa shape index (κ1) is 13.3. The number of rotatable bonds is 3. The summed E-state index contributed by atoms with van der Waals surface area (Å²) in [4.78, 5) is 29.9. The molecule has 6 nitrogen and oxygen atoms in total. The number of benzene rings is 1. The number of nitrogens with two attached hydrogens (primary N) is 1. The van der Waals surface area contributed by atoms with E-state index in [9.17, 15) is 9.59 Å². The van der Waals surface area contributed by atoms with Gasteiger partial charge in [-0.25, -0.2) is 4.90 Å². The molecule has 106 valence electrons. The first-order chi connectivity index (χ1) is 10.2.